The van der Waals surface area contributed by atoms with Crippen molar-refractivity contribution in [2.75, 3.05) is 14.2 Å². The van der Waals surface area contributed by atoms with Gasteiger partial charge in [-0.15, -0.1) is 0 Å². The minimum Gasteiger partial charge on any atom is -0.497 e. The summed E-state index contributed by atoms with van der Waals surface area (Å²) in [4.78, 5) is 12.5. The summed E-state index contributed by atoms with van der Waals surface area (Å²) < 4.78 is 36.4. The van der Waals surface area contributed by atoms with Gasteiger partial charge in [-0.05, 0) is 30.3 Å². The second kappa shape index (κ2) is 5.58. The highest BCUT2D eigenvalue weighted by Gasteiger charge is 2.41. The Kier molecular flexibility index (Phi) is 3.73. The molecule has 1 heterocycles. The van der Waals surface area contributed by atoms with Crippen molar-refractivity contribution in [3.8, 4) is 11.5 Å². The number of methoxy groups -OCH3 is 2. The van der Waals surface area contributed by atoms with Crippen molar-refractivity contribution in [2.24, 2.45) is 0 Å². The van der Waals surface area contributed by atoms with Gasteiger partial charge < -0.3 is 9.47 Å². The molecule has 3 rings (SSSR count). The molecule has 0 atom stereocenters. The van der Waals surface area contributed by atoms with Gasteiger partial charge in [0.15, 0.2) is 0 Å². The summed E-state index contributed by atoms with van der Waals surface area (Å²) in [5.74, 6) is 0.512. The first kappa shape index (κ1) is 15.4. The highest BCUT2D eigenvalue weighted by molar-refractivity contribution is 7.90. The maximum absolute atomic E-state index is 12.6. The van der Waals surface area contributed by atoms with Crippen LogP contribution in [-0.2, 0) is 16.6 Å². The molecule has 0 bridgehead atoms. The lowest BCUT2D eigenvalue weighted by molar-refractivity contribution is 0.0864. The van der Waals surface area contributed by atoms with E-state index in [1.54, 1.807) is 30.3 Å². The van der Waals surface area contributed by atoms with Gasteiger partial charge in [0, 0.05) is 5.56 Å². The molecular formula is C16H15NO5S. The average molecular weight is 333 g/mol. The van der Waals surface area contributed by atoms with Crippen LogP contribution in [-0.4, -0.2) is 32.8 Å². The molecule has 1 aliphatic rings. The number of rotatable bonds is 4. The van der Waals surface area contributed by atoms with Crippen molar-refractivity contribution < 1.29 is 22.7 Å². The summed E-state index contributed by atoms with van der Waals surface area (Å²) in [6, 6.07) is 11.2. The molecule has 1 aliphatic heterocycles. The molecule has 0 aromatic heterocycles. The quantitative estimate of drug-likeness (QED) is 0.856. The van der Waals surface area contributed by atoms with E-state index in [1.807, 2.05) is 0 Å². The zero-order valence-corrected chi connectivity index (χ0v) is 13.5. The van der Waals surface area contributed by atoms with Crippen LogP contribution in [0.2, 0.25) is 0 Å². The Balaban J connectivity index is 2.04. The SMILES string of the molecule is COc1ccc(OC)c(CN2C(=O)c3ccccc3S2(=O)=O)c1. The van der Waals surface area contributed by atoms with Crippen LogP contribution in [0.5, 0.6) is 11.5 Å². The number of fused-ring (bicyclic) bond motifs is 1. The van der Waals surface area contributed by atoms with Gasteiger partial charge >= 0.3 is 0 Å². The summed E-state index contributed by atoms with van der Waals surface area (Å²) in [6.45, 7) is -0.115. The largest absolute Gasteiger partial charge is 0.497 e. The lowest BCUT2D eigenvalue weighted by atomic mass is 10.1. The third-order valence-electron chi connectivity index (χ3n) is 3.71. The molecule has 0 N–H and O–H groups in total. The second-order valence-electron chi connectivity index (χ2n) is 4.99. The minimum absolute atomic E-state index is 0.0341. The first-order valence-electron chi connectivity index (χ1n) is 6.86. The number of amides is 1. The lowest BCUT2D eigenvalue weighted by Gasteiger charge is -2.17. The predicted molar refractivity (Wildman–Crippen MR) is 83.0 cm³/mol. The van der Waals surface area contributed by atoms with Crippen molar-refractivity contribution in [3.63, 3.8) is 0 Å². The topological polar surface area (TPSA) is 72.9 Å². The van der Waals surface area contributed by atoms with Crippen molar-refractivity contribution in [2.45, 2.75) is 11.4 Å². The molecule has 0 fully saturated rings. The molecule has 0 saturated heterocycles. The smallest absolute Gasteiger partial charge is 0.269 e. The van der Waals surface area contributed by atoms with E-state index < -0.39 is 15.9 Å². The van der Waals surface area contributed by atoms with Gasteiger partial charge in [-0.2, -0.15) is 0 Å². The number of sulfonamides is 1. The molecule has 2 aromatic carbocycles. The van der Waals surface area contributed by atoms with E-state index in [-0.39, 0.29) is 17.0 Å². The Morgan fingerprint density at radius 3 is 2.43 bits per heavy atom. The fourth-order valence-electron chi connectivity index (χ4n) is 2.55. The van der Waals surface area contributed by atoms with E-state index in [4.69, 9.17) is 9.47 Å². The zero-order valence-electron chi connectivity index (χ0n) is 12.6. The van der Waals surface area contributed by atoms with Gasteiger partial charge in [0.2, 0.25) is 0 Å². The Morgan fingerprint density at radius 1 is 1.04 bits per heavy atom. The predicted octanol–water partition coefficient (Wildman–Crippen LogP) is 2.05. The molecule has 2 aromatic rings. The maximum atomic E-state index is 12.6. The van der Waals surface area contributed by atoms with Gasteiger partial charge in [0.1, 0.15) is 16.4 Å². The van der Waals surface area contributed by atoms with Gasteiger partial charge in [-0.1, -0.05) is 12.1 Å². The molecule has 0 spiro atoms. The van der Waals surface area contributed by atoms with Gasteiger partial charge in [0.05, 0.1) is 26.3 Å². The Bertz CT molecular complexity index is 876. The van der Waals surface area contributed by atoms with Gasteiger partial charge in [0.25, 0.3) is 15.9 Å². The van der Waals surface area contributed by atoms with Crippen LogP contribution >= 0.6 is 0 Å². The first-order valence-corrected chi connectivity index (χ1v) is 8.30. The standard InChI is InChI=1S/C16H15NO5S/c1-21-12-7-8-14(22-2)11(9-12)10-17-16(18)13-5-3-4-6-15(13)23(17,19)20/h3-9H,10H2,1-2H3. The van der Waals surface area contributed by atoms with Crippen LogP contribution in [0, 0.1) is 0 Å². The van der Waals surface area contributed by atoms with Gasteiger partial charge in [-0.25, -0.2) is 12.7 Å². The molecule has 120 valence electrons. The van der Waals surface area contributed by atoms with E-state index in [9.17, 15) is 13.2 Å². The molecule has 1 amide bonds. The number of ether oxygens (including phenoxy) is 2. The average Bonchev–Trinajstić information content (AvgIpc) is 2.76. The minimum atomic E-state index is -3.85. The Labute approximate surface area is 134 Å². The number of nitrogens with zero attached hydrogens (tertiary/aromatic N) is 1. The van der Waals surface area contributed by atoms with Crippen LogP contribution in [0.25, 0.3) is 0 Å². The second-order valence-corrected chi connectivity index (χ2v) is 6.82. The van der Waals surface area contributed by atoms with E-state index in [0.29, 0.717) is 17.1 Å². The number of hydrogen-bond donors (Lipinski definition) is 0. The Hall–Kier alpha value is -2.54. The number of hydrogen-bond acceptors (Lipinski definition) is 5. The summed E-state index contributed by atoms with van der Waals surface area (Å²) in [7, 11) is -0.851. The van der Waals surface area contributed by atoms with E-state index in [1.165, 1.54) is 26.4 Å². The summed E-state index contributed by atoms with van der Waals surface area (Å²) in [6.07, 6.45) is 0. The summed E-state index contributed by atoms with van der Waals surface area (Å²) in [5, 5.41) is 0. The highest BCUT2D eigenvalue weighted by Crippen LogP contribution is 2.33. The van der Waals surface area contributed by atoms with Crippen LogP contribution in [0.15, 0.2) is 47.4 Å². The van der Waals surface area contributed by atoms with Crippen LogP contribution in [0.1, 0.15) is 15.9 Å². The van der Waals surface area contributed by atoms with Crippen LogP contribution in [0.4, 0.5) is 0 Å². The molecule has 0 radical (unpaired) electrons. The van der Waals surface area contributed by atoms with Crippen molar-refractivity contribution in [1.29, 1.82) is 0 Å². The highest BCUT2D eigenvalue weighted by atomic mass is 32.2. The van der Waals surface area contributed by atoms with Crippen molar-refractivity contribution in [3.05, 3.63) is 53.6 Å². The van der Waals surface area contributed by atoms with Crippen molar-refractivity contribution >= 4 is 15.9 Å². The number of carbonyl (C=O) groups is 1. The lowest BCUT2D eigenvalue weighted by Crippen LogP contribution is -2.29. The molecule has 0 unspecified atom stereocenters. The normalized spacial score (nSPS) is 15.4. The van der Waals surface area contributed by atoms with Gasteiger partial charge in [-0.3, -0.25) is 4.79 Å². The summed E-state index contributed by atoms with van der Waals surface area (Å²) >= 11 is 0. The molecule has 6 nitrogen and oxygen atoms in total. The zero-order chi connectivity index (χ0) is 16.6. The van der Waals surface area contributed by atoms with E-state index in [0.717, 1.165) is 4.31 Å². The third kappa shape index (κ3) is 2.43. The monoisotopic (exact) mass is 333 g/mol. The number of carbonyl (C=O) groups excluding carboxylic acids is 1. The molecule has 23 heavy (non-hydrogen) atoms. The molecule has 0 aliphatic carbocycles. The van der Waals surface area contributed by atoms with E-state index in [2.05, 4.69) is 0 Å². The van der Waals surface area contributed by atoms with Crippen LogP contribution in [0.3, 0.4) is 0 Å². The fourth-order valence-corrected chi connectivity index (χ4v) is 4.09. The number of benzene rings is 2. The van der Waals surface area contributed by atoms with Crippen LogP contribution < -0.4 is 9.47 Å². The summed E-state index contributed by atoms with van der Waals surface area (Å²) in [5.41, 5.74) is 0.742. The fraction of sp³-hybridized carbons (Fsp3) is 0.188. The third-order valence-corrected chi connectivity index (χ3v) is 5.50. The van der Waals surface area contributed by atoms with Crippen molar-refractivity contribution in [1.82, 2.24) is 4.31 Å². The maximum Gasteiger partial charge on any atom is 0.269 e. The Morgan fingerprint density at radius 2 is 1.78 bits per heavy atom. The van der Waals surface area contributed by atoms with E-state index >= 15 is 0 Å². The molecule has 7 heteroatoms. The first-order chi connectivity index (χ1) is 11.0. The molecule has 0 saturated carbocycles. The molecular weight excluding hydrogens is 318 g/mol.